The first kappa shape index (κ1) is 17.1. The fourth-order valence-electron chi connectivity index (χ4n) is 1.44. The highest BCUT2D eigenvalue weighted by molar-refractivity contribution is 7.82. The molecule has 0 aliphatic carbocycles. The van der Waals surface area contributed by atoms with E-state index in [0.29, 0.717) is 0 Å². The molecule has 0 spiro atoms. The number of carbonyl (C=O) groups excluding carboxylic acids is 2. The molecule has 7 nitrogen and oxygen atoms in total. The van der Waals surface area contributed by atoms with Crippen molar-refractivity contribution in [2.75, 3.05) is 19.9 Å². The summed E-state index contributed by atoms with van der Waals surface area (Å²) in [5.74, 6) is -0.649. The molecule has 21 heavy (non-hydrogen) atoms. The van der Waals surface area contributed by atoms with Gasteiger partial charge in [-0.3, -0.25) is 0 Å². The maximum atomic E-state index is 11.6. The summed E-state index contributed by atoms with van der Waals surface area (Å²) in [4.78, 5) is 23.1. The molecule has 2 atom stereocenters. The number of rotatable bonds is 7. The van der Waals surface area contributed by atoms with E-state index in [4.69, 9.17) is 4.74 Å². The smallest absolute Gasteiger partial charge is 0.408 e. The minimum Gasteiger partial charge on any atom is -0.467 e. The van der Waals surface area contributed by atoms with Gasteiger partial charge in [-0.15, -0.1) is 0 Å². The van der Waals surface area contributed by atoms with Gasteiger partial charge in [0.2, 0.25) is 0 Å². The number of benzene rings is 1. The highest BCUT2D eigenvalue weighted by Gasteiger charge is 2.22. The summed E-state index contributed by atoms with van der Waals surface area (Å²) < 4.78 is 23.1. The Bertz CT molecular complexity index is 495. The van der Waals surface area contributed by atoms with Gasteiger partial charge >= 0.3 is 12.1 Å². The lowest BCUT2D eigenvalue weighted by atomic mass is 10.2. The second kappa shape index (κ2) is 9.09. The molecule has 2 N–H and O–H groups in total. The first-order valence-electron chi connectivity index (χ1n) is 6.15. The number of hydrogen-bond donors (Lipinski definition) is 2. The van der Waals surface area contributed by atoms with Gasteiger partial charge in [0, 0.05) is 12.8 Å². The van der Waals surface area contributed by atoms with Crippen molar-refractivity contribution in [1.82, 2.24) is 10.0 Å². The van der Waals surface area contributed by atoms with Crippen LogP contribution in [0.1, 0.15) is 5.56 Å². The summed E-state index contributed by atoms with van der Waals surface area (Å²) in [6, 6.07) is 8.16. The number of carbonyl (C=O) groups is 2. The molecule has 1 aromatic rings. The van der Waals surface area contributed by atoms with Crippen molar-refractivity contribution in [2.24, 2.45) is 0 Å². The number of alkyl carbamates (subject to hydrolysis) is 1. The third kappa shape index (κ3) is 6.87. The minimum atomic E-state index is -1.30. The maximum absolute atomic E-state index is 11.6. The van der Waals surface area contributed by atoms with Crippen LogP contribution in [0.15, 0.2) is 30.3 Å². The lowest BCUT2D eigenvalue weighted by molar-refractivity contribution is -0.142. The van der Waals surface area contributed by atoms with E-state index in [-0.39, 0.29) is 13.2 Å². The van der Waals surface area contributed by atoms with E-state index in [1.807, 2.05) is 30.3 Å². The topological polar surface area (TPSA) is 93.7 Å². The van der Waals surface area contributed by atoms with Gasteiger partial charge in [-0.25, -0.2) is 18.5 Å². The summed E-state index contributed by atoms with van der Waals surface area (Å²) in [5.41, 5.74) is 0.829. The molecule has 1 aromatic carbocycles. The van der Waals surface area contributed by atoms with Crippen LogP contribution in [0.5, 0.6) is 0 Å². The van der Waals surface area contributed by atoms with Crippen LogP contribution in [0, 0.1) is 0 Å². The number of methoxy groups -OCH3 is 1. The van der Waals surface area contributed by atoms with Gasteiger partial charge in [0.25, 0.3) is 0 Å². The second-order valence-corrected chi connectivity index (χ2v) is 5.28. The van der Waals surface area contributed by atoms with E-state index < -0.39 is 29.1 Å². The predicted octanol–water partition coefficient (Wildman–Crippen LogP) is 0.338. The van der Waals surface area contributed by atoms with E-state index in [1.165, 1.54) is 13.4 Å². The molecule has 1 rings (SSSR count). The van der Waals surface area contributed by atoms with Gasteiger partial charge in [0.1, 0.15) is 12.6 Å². The molecule has 0 heterocycles. The Labute approximate surface area is 125 Å². The molecule has 1 unspecified atom stereocenters. The Balaban J connectivity index is 2.47. The zero-order valence-electron chi connectivity index (χ0n) is 11.8. The van der Waals surface area contributed by atoms with Crippen LogP contribution in [0.2, 0.25) is 0 Å². The fourth-order valence-corrected chi connectivity index (χ4v) is 1.84. The molecule has 8 heteroatoms. The average Bonchev–Trinajstić information content (AvgIpc) is 2.49. The van der Waals surface area contributed by atoms with Crippen molar-refractivity contribution in [3.05, 3.63) is 35.9 Å². The zero-order valence-corrected chi connectivity index (χ0v) is 12.6. The van der Waals surface area contributed by atoms with Crippen molar-refractivity contribution in [2.45, 2.75) is 12.6 Å². The molecule has 0 radical (unpaired) electrons. The maximum Gasteiger partial charge on any atom is 0.408 e. The summed E-state index contributed by atoms with van der Waals surface area (Å²) in [7, 11) is -0.0992. The van der Waals surface area contributed by atoms with Gasteiger partial charge in [-0.05, 0) is 5.56 Å². The molecule has 0 aromatic heterocycles. The number of esters is 1. The molecule has 116 valence electrons. The average molecular weight is 314 g/mol. The Morgan fingerprint density at radius 3 is 2.52 bits per heavy atom. The quantitative estimate of drug-likeness (QED) is 0.708. The van der Waals surface area contributed by atoms with Crippen LogP contribution in [0.3, 0.4) is 0 Å². The lowest BCUT2D eigenvalue weighted by Crippen LogP contribution is -2.48. The number of nitrogens with one attached hydrogen (secondary N) is 2. The normalized spacial score (nSPS) is 13.0. The van der Waals surface area contributed by atoms with Gasteiger partial charge in [-0.2, -0.15) is 0 Å². The van der Waals surface area contributed by atoms with Crippen molar-refractivity contribution in [1.29, 1.82) is 0 Å². The Hall–Kier alpha value is -1.93. The second-order valence-electron chi connectivity index (χ2n) is 4.08. The van der Waals surface area contributed by atoms with Gasteiger partial charge in [0.05, 0.1) is 18.1 Å². The molecular weight excluding hydrogens is 296 g/mol. The molecule has 0 fully saturated rings. The number of hydrogen-bond acceptors (Lipinski definition) is 5. The first-order valence-corrected chi connectivity index (χ1v) is 7.70. The molecule has 0 bridgehead atoms. The lowest BCUT2D eigenvalue weighted by Gasteiger charge is -2.16. The van der Waals surface area contributed by atoms with Crippen molar-refractivity contribution >= 4 is 23.0 Å². The van der Waals surface area contributed by atoms with Crippen molar-refractivity contribution < 1.29 is 23.3 Å². The van der Waals surface area contributed by atoms with Gasteiger partial charge in [0.15, 0.2) is 0 Å². The van der Waals surface area contributed by atoms with Crippen LogP contribution in [0.4, 0.5) is 4.79 Å². The summed E-state index contributed by atoms with van der Waals surface area (Å²) >= 11 is 0. The predicted molar refractivity (Wildman–Crippen MR) is 77.6 cm³/mol. The van der Waals surface area contributed by atoms with Crippen molar-refractivity contribution in [3.8, 4) is 0 Å². The fraction of sp³-hybridized carbons (Fsp3) is 0.385. The first-order chi connectivity index (χ1) is 10.0. The SMILES string of the molecule is COC(=O)[C@@H](CNS(C)=O)NC(=O)OCc1ccccc1. The van der Waals surface area contributed by atoms with E-state index in [2.05, 4.69) is 14.8 Å². The van der Waals surface area contributed by atoms with E-state index in [1.54, 1.807) is 0 Å². The summed E-state index contributed by atoms with van der Waals surface area (Å²) in [6.45, 7) is 0.0733. The van der Waals surface area contributed by atoms with Gasteiger partial charge < -0.3 is 14.8 Å². The Kier molecular flexibility index (Phi) is 7.41. The molecule has 0 saturated heterocycles. The molecule has 0 aliphatic rings. The molecule has 0 saturated carbocycles. The Morgan fingerprint density at radius 2 is 1.95 bits per heavy atom. The highest BCUT2D eigenvalue weighted by Crippen LogP contribution is 2.01. The third-order valence-electron chi connectivity index (χ3n) is 2.48. The van der Waals surface area contributed by atoms with Crippen LogP contribution in [0.25, 0.3) is 0 Å². The molecular formula is C13H18N2O5S. The van der Waals surface area contributed by atoms with Crippen LogP contribution in [-0.4, -0.2) is 42.2 Å². The van der Waals surface area contributed by atoms with Gasteiger partial charge in [-0.1, -0.05) is 30.3 Å². The van der Waals surface area contributed by atoms with E-state index in [0.717, 1.165) is 5.56 Å². The van der Waals surface area contributed by atoms with Crippen LogP contribution in [-0.2, 0) is 31.9 Å². The zero-order chi connectivity index (χ0) is 15.7. The van der Waals surface area contributed by atoms with E-state index >= 15 is 0 Å². The number of amides is 1. The molecule has 0 aliphatic heterocycles. The third-order valence-corrected chi connectivity index (χ3v) is 3.05. The largest absolute Gasteiger partial charge is 0.467 e. The number of ether oxygens (including phenoxy) is 2. The monoisotopic (exact) mass is 314 g/mol. The summed E-state index contributed by atoms with van der Waals surface area (Å²) in [5, 5.41) is 2.36. The van der Waals surface area contributed by atoms with Crippen LogP contribution >= 0.6 is 0 Å². The Morgan fingerprint density at radius 1 is 1.29 bits per heavy atom. The van der Waals surface area contributed by atoms with Crippen LogP contribution < -0.4 is 10.0 Å². The standard InChI is InChI=1S/C13H18N2O5S/c1-19-12(16)11(8-14-21(2)18)15-13(17)20-9-10-6-4-3-5-7-10/h3-7,11,14H,8-9H2,1-2H3,(H,15,17)/t11-,21?/m1/s1. The van der Waals surface area contributed by atoms with Crippen molar-refractivity contribution in [3.63, 3.8) is 0 Å². The summed E-state index contributed by atoms with van der Waals surface area (Å²) in [6.07, 6.45) is 0.667. The minimum absolute atomic E-state index is 0.0176. The molecule has 1 amide bonds. The highest BCUT2D eigenvalue weighted by atomic mass is 32.2. The van der Waals surface area contributed by atoms with E-state index in [9.17, 15) is 13.8 Å².